The lowest BCUT2D eigenvalue weighted by Crippen LogP contribution is -2.41. The van der Waals surface area contributed by atoms with Crippen LogP contribution in [0.1, 0.15) is 18.1 Å². The average molecular weight is 485 g/mol. The monoisotopic (exact) mass is 483 g/mol. The highest BCUT2D eigenvalue weighted by molar-refractivity contribution is 6.43. The fourth-order valence-corrected chi connectivity index (χ4v) is 3.75. The number of ether oxygens (including phenoxy) is 1. The molecule has 2 aromatic carbocycles. The van der Waals surface area contributed by atoms with Gasteiger partial charge in [-0.2, -0.15) is 0 Å². The van der Waals surface area contributed by atoms with E-state index in [1.807, 2.05) is 0 Å². The van der Waals surface area contributed by atoms with Crippen LogP contribution in [0.5, 0.6) is 0 Å². The van der Waals surface area contributed by atoms with Crippen LogP contribution >= 0.6 is 46.4 Å². The number of halogens is 4. The summed E-state index contributed by atoms with van der Waals surface area (Å²) < 4.78 is 5.13. The van der Waals surface area contributed by atoms with Crippen molar-refractivity contribution in [3.05, 3.63) is 78.8 Å². The van der Waals surface area contributed by atoms with Crippen LogP contribution in [0.15, 0.2) is 47.5 Å². The number of benzene rings is 2. The Morgan fingerprint density at radius 3 is 1.83 bits per heavy atom. The van der Waals surface area contributed by atoms with Gasteiger partial charge in [0.2, 0.25) is 0 Å². The van der Waals surface area contributed by atoms with Gasteiger partial charge in [0, 0.05) is 11.1 Å². The number of piperidine rings is 1. The van der Waals surface area contributed by atoms with Gasteiger partial charge in [-0.3, -0.25) is 9.69 Å². The van der Waals surface area contributed by atoms with Crippen LogP contribution in [0.25, 0.3) is 12.2 Å². The number of carbonyl (C=O) groups excluding carboxylic acids is 2. The summed E-state index contributed by atoms with van der Waals surface area (Å²) in [6.07, 6.45) is 2.75. The number of hydrogen-bond acceptors (Lipinski definition) is 3. The second kappa shape index (κ2) is 9.88. The van der Waals surface area contributed by atoms with Gasteiger partial charge < -0.3 is 4.74 Å². The Kier molecular flexibility index (Phi) is 7.48. The molecule has 0 bridgehead atoms. The molecule has 2 aromatic rings. The van der Waals surface area contributed by atoms with E-state index in [0.717, 1.165) is 0 Å². The highest BCUT2D eigenvalue weighted by Crippen LogP contribution is 2.31. The first-order valence-electron chi connectivity index (χ1n) is 9.07. The molecular formula is C22H17Cl4NO3. The lowest BCUT2D eigenvalue weighted by molar-refractivity contribution is -0.113. The second-order valence-corrected chi connectivity index (χ2v) is 8.08. The Balaban J connectivity index is 2.06. The Bertz CT molecular complexity index is 989. The maximum Gasteiger partial charge on any atom is 0.410 e. The summed E-state index contributed by atoms with van der Waals surface area (Å²) in [5.41, 5.74) is 1.92. The minimum Gasteiger partial charge on any atom is -0.450 e. The molecule has 0 N–H and O–H groups in total. The van der Waals surface area contributed by atoms with E-state index in [1.54, 1.807) is 55.5 Å². The molecule has 0 saturated carbocycles. The molecule has 0 aliphatic carbocycles. The van der Waals surface area contributed by atoms with Crippen molar-refractivity contribution in [2.24, 2.45) is 0 Å². The van der Waals surface area contributed by atoms with Crippen LogP contribution in [0.2, 0.25) is 20.1 Å². The molecule has 0 unspecified atom stereocenters. The highest BCUT2D eigenvalue weighted by atomic mass is 35.5. The second-order valence-electron chi connectivity index (χ2n) is 6.51. The molecule has 0 spiro atoms. The number of rotatable bonds is 3. The highest BCUT2D eigenvalue weighted by Gasteiger charge is 2.30. The summed E-state index contributed by atoms with van der Waals surface area (Å²) in [6, 6.07) is 10.3. The molecule has 30 heavy (non-hydrogen) atoms. The van der Waals surface area contributed by atoms with Gasteiger partial charge in [-0.15, -0.1) is 0 Å². The minimum absolute atomic E-state index is 0.0845. The molecule has 0 radical (unpaired) electrons. The fourth-order valence-electron chi connectivity index (χ4n) is 3.02. The van der Waals surface area contributed by atoms with Gasteiger partial charge in [-0.05, 0) is 42.3 Å². The van der Waals surface area contributed by atoms with Gasteiger partial charge in [0.05, 0.1) is 39.8 Å². The van der Waals surface area contributed by atoms with Crippen LogP contribution in [-0.4, -0.2) is 36.5 Å². The molecule has 1 aliphatic heterocycles. The molecule has 1 amide bonds. The topological polar surface area (TPSA) is 46.6 Å². The van der Waals surface area contributed by atoms with Gasteiger partial charge in [0.15, 0.2) is 5.78 Å². The van der Waals surface area contributed by atoms with Gasteiger partial charge in [0.1, 0.15) is 0 Å². The van der Waals surface area contributed by atoms with E-state index in [4.69, 9.17) is 51.1 Å². The first kappa shape index (κ1) is 22.7. The minimum atomic E-state index is -0.517. The summed E-state index contributed by atoms with van der Waals surface area (Å²) in [7, 11) is 0. The zero-order chi connectivity index (χ0) is 21.8. The molecular weight excluding hydrogens is 468 g/mol. The van der Waals surface area contributed by atoms with Gasteiger partial charge in [0.25, 0.3) is 0 Å². The lowest BCUT2D eigenvalue weighted by atomic mass is 9.94. The molecule has 1 saturated heterocycles. The van der Waals surface area contributed by atoms with Crippen molar-refractivity contribution in [1.29, 1.82) is 0 Å². The largest absolute Gasteiger partial charge is 0.450 e. The summed E-state index contributed by atoms with van der Waals surface area (Å²) in [6.45, 7) is 2.11. The van der Waals surface area contributed by atoms with Gasteiger partial charge >= 0.3 is 6.09 Å². The molecule has 8 heteroatoms. The zero-order valence-electron chi connectivity index (χ0n) is 15.9. The van der Waals surface area contributed by atoms with E-state index in [0.29, 0.717) is 42.4 Å². The zero-order valence-corrected chi connectivity index (χ0v) is 18.9. The van der Waals surface area contributed by atoms with Crippen LogP contribution in [0.3, 0.4) is 0 Å². The first-order chi connectivity index (χ1) is 14.3. The smallest absolute Gasteiger partial charge is 0.410 e. The van der Waals surface area contributed by atoms with E-state index in [-0.39, 0.29) is 25.5 Å². The van der Waals surface area contributed by atoms with Crippen LogP contribution in [0, 0.1) is 0 Å². The Hall–Kier alpha value is -1.98. The van der Waals surface area contributed by atoms with E-state index >= 15 is 0 Å². The van der Waals surface area contributed by atoms with E-state index in [2.05, 4.69) is 0 Å². The third-order valence-electron chi connectivity index (χ3n) is 4.45. The molecule has 1 heterocycles. The van der Waals surface area contributed by atoms with Crippen molar-refractivity contribution in [2.45, 2.75) is 6.92 Å². The average Bonchev–Trinajstić information content (AvgIpc) is 2.71. The van der Waals surface area contributed by atoms with Crippen molar-refractivity contribution in [3.63, 3.8) is 0 Å². The Labute approximate surface area is 194 Å². The fraction of sp³-hybridized carbons (Fsp3) is 0.182. The third kappa shape index (κ3) is 5.01. The van der Waals surface area contributed by atoms with Gasteiger partial charge in [-0.1, -0.05) is 70.7 Å². The van der Waals surface area contributed by atoms with Crippen LogP contribution < -0.4 is 0 Å². The number of hydrogen-bond donors (Lipinski definition) is 0. The van der Waals surface area contributed by atoms with E-state index in [1.165, 1.54) is 4.90 Å². The van der Waals surface area contributed by atoms with Crippen molar-refractivity contribution in [2.75, 3.05) is 19.7 Å². The van der Waals surface area contributed by atoms with Crippen molar-refractivity contribution in [3.8, 4) is 0 Å². The number of likely N-dealkylation sites (tertiary alicyclic amines) is 1. The SMILES string of the molecule is CCOC(=O)N1C/C(=C/c2cccc(Cl)c2Cl)C(=O)/C(=C\c2cccc(Cl)c2Cl)C1. The maximum absolute atomic E-state index is 13.2. The number of Topliss-reactive ketones (excluding diaryl/α,β-unsaturated/α-hetero) is 1. The number of amides is 1. The van der Waals surface area contributed by atoms with Gasteiger partial charge in [-0.25, -0.2) is 4.79 Å². The number of ketones is 1. The van der Waals surface area contributed by atoms with Crippen LogP contribution in [0.4, 0.5) is 4.79 Å². The summed E-state index contributed by atoms with van der Waals surface area (Å²) in [5, 5.41) is 1.41. The summed E-state index contributed by atoms with van der Waals surface area (Å²) in [5.74, 6) is -0.220. The van der Waals surface area contributed by atoms with Crippen molar-refractivity contribution in [1.82, 2.24) is 4.90 Å². The molecule has 0 aromatic heterocycles. The van der Waals surface area contributed by atoms with Crippen molar-refractivity contribution < 1.29 is 14.3 Å². The summed E-state index contributed by atoms with van der Waals surface area (Å²) in [4.78, 5) is 27.0. The Morgan fingerprint density at radius 2 is 1.40 bits per heavy atom. The molecule has 3 rings (SSSR count). The molecule has 4 nitrogen and oxygen atoms in total. The lowest BCUT2D eigenvalue weighted by Gasteiger charge is -2.29. The molecule has 0 atom stereocenters. The normalized spacial score (nSPS) is 17.0. The molecule has 156 valence electrons. The first-order valence-corrected chi connectivity index (χ1v) is 10.6. The van der Waals surface area contributed by atoms with Crippen molar-refractivity contribution >= 4 is 70.4 Å². The van der Waals surface area contributed by atoms with E-state index in [9.17, 15) is 9.59 Å². The standard InChI is InChI=1S/C22H17Cl4NO3/c1-2-30-22(29)27-11-15(9-13-5-3-7-17(23)19(13)25)21(28)16(12-27)10-14-6-4-8-18(24)20(14)26/h3-10H,2,11-12H2,1H3/b15-9-,16-10-. The third-order valence-corrected chi connectivity index (χ3v) is 6.12. The van der Waals surface area contributed by atoms with Crippen LogP contribution in [-0.2, 0) is 9.53 Å². The number of carbonyl (C=O) groups is 2. The summed E-state index contributed by atoms with van der Waals surface area (Å²) >= 11 is 24.7. The molecule has 1 fully saturated rings. The predicted molar refractivity (Wildman–Crippen MR) is 122 cm³/mol. The van der Waals surface area contributed by atoms with E-state index < -0.39 is 6.09 Å². The number of nitrogens with zero attached hydrogens (tertiary/aromatic N) is 1. The molecule has 1 aliphatic rings. The predicted octanol–water partition coefficient (Wildman–Crippen LogP) is 6.81. The maximum atomic E-state index is 13.2. The quantitative estimate of drug-likeness (QED) is 0.449. The Morgan fingerprint density at radius 1 is 0.933 bits per heavy atom.